The summed E-state index contributed by atoms with van der Waals surface area (Å²) in [4.78, 5) is 1.08. The molecule has 2 heterocycles. The van der Waals surface area contributed by atoms with Crippen LogP contribution < -0.4 is 0 Å². The zero-order valence-corrected chi connectivity index (χ0v) is 16.6. The van der Waals surface area contributed by atoms with Crippen molar-refractivity contribution in [2.45, 2.75) is 38.1 Å². The van der Waals surface area contributed by atoms with Crippen molar-refractivity contribution in [3.63, 3.8) is 0 Å². The molecule has 4 rings (SSSR count). The number of thiophene rings is 1. The number of aliphatic hydroxyl groups excluding tert-OH is 2. The van der Waals surface area contributed by atoms with Crippen molar-refractivity contribution in [2.75, 3.05) is 6.61 Å². The second-order valence-electron chi connectivity index (χ2n) is 7.41. The van der Waals surface area contributed by atoms with Crippen LogP contribution in [0, 0.1) is 6.92 Å². The molecule has 0 radical (unpaired) electrons. The van der Waals surface area contributed by atoms with Crippen LogP contribution in [0.5, 0.6) is 5.75 Å². The highest BCUT2D eigenvalue weighted by Gasteiger charge is 2.31. The molecule has 4 nitrogen and oxygen atoms in total. The van der Waals surface area contributed by atoms with Crippen LogP contribution in [0.3, 0.4) is 0 Å². The highest BCUT2D eigenvalue weighted by molar-refractivity contribution is 7.20. The molecular weight excluding hydrogens is 372 g/mol. The third-order valence-corrected chi connectivity index (χ3v) is 6.53. The van der Waals surface area contributed by atoms with Crippen LogP contribution in [-0.4, -0.2) is 34.1 Å². The molecule has 0 unspecified atom stereocenters. The molecule has 1 aliphatic rings. The Labute approximate surface area is 168 Å². The van der Waals surface area contributed by atoms with Gasteiger partial charge in [-0.05, 0) is 53.3 Å². The van der Waals surface area contributed by atoms with E-state index in [9.17, 15) is 15.3 Å². The summed E-state index contributed by atoms with van der Waals surface area (Å²) in [5.74, 6) is 0.140. The van der Waals surface area contributed by atoms with Gasteiger partial charge in [-0.15, -0.1) is 11.3 Å². The smallest absolute Gasteiger partial charge is 0.121 e. The summed E-state index contributed by atoms with van der Waals surface area (Å²) in [6, 6.07) is 14.0. The minimum atomic E-state index is -0.564. The summed E-state index contributed by atoms with van der Waals surface area (Å²) in [5, 5.41) is 31.3. The van der Waals surface area contributed by atoms with Gasteiger partial charge in [0.1, 0.15) is 5.75 Å². The standard InChI is InChI=1S/C23H24O4S/c1-13-7-20(26)19(21-10-16(25)9-17(12-24)27-21)11-18(13)14(2)23-8-15-5-3-4-6-22(15)28-23/h3-8,11,16-17,21,24-26H,2,9-10,12H2,1H3/t16-,17-,21+/m0/s1. The first-order chi connectivity index (χ1) is 13.5. The molecule has 0 aliphatic carbocycles. The summed E-state index contributed by atoms with van der Waals surface area (Å²) in [6.45, 7) is 6.11. The zero-order valence-electron chi connectivity index (χ0n) is 15.8. The normalized spacial score (nSPS) is 22.5. The van der Waals surface area contributed by atoms with E-state index in [1.165, 1.54) is 10.1 Å². The molecule has 0 spiro atoms. The van der Waals surface area contributed by atoms with Gasteiger partial charge in [0, 0.05) is 28.0 Å². The summed E-state index contributed by atoms with van der Waals surface area (Å²) < 4.78 is 7.11. The number of aromatic hydroxyl groups is 1. The van der Waals surface area contributed by atoms with Crippen LogP contribution in [0.4, 0.5) is 0 Å². The van der Waals surface area contributed by atoms with Gasteiger partial charge in [0.2, 0.25) is 0 Å². The second kappa shape index (κ2) is 7.68. The van der Waals surface area contributed by atoms with Crippen molar-refractivity contribution in [3.05, 3.63) is 70.6 Å². The summed E-state index contributed by atoms with van der Waals surface area (Å²) >= 11 is 1.69. The predicted octanol–water partition coefficient (Wildman–Crippen LogP) is 4.55. The maximum atomic E-state index is 10.5. The summed E-state index contributed by atoms with van der Waals surface area (Å²) in [6.07, 6.45) is -0.659. The Morgan fingerprint density at radius 2 is 2.00 bits per heavy atom. The topological polar surface area (TPSA) is 69.9 Å². The number of phenolic OH excluding ortho intramolecular Hbond substituents is 1. The van der Waals surface area contributed by atoms with E-state index < -0.39 is 18.3 Å². The lowest BCUT2D eigenvalue weighted by molar-refractivity contribution is -0.114. The van der Waals surface area contributed by atoms with Gasteiger partial charge in [-0.3, -0.25) is 0 Å². The molecule has 1 aliphatic heterocycles. The SMILES string of the molecule is C=C(c1cc2ccccc2s1)c1cc([C@H]2C[C@@H](O)C[C@@H](CO)O2)c(O)cc1C. The monoisotopic (exact) mass is 396 g/mol. The number of rotatable bonds is 4. The van der Waals surface area contributed by atoms with Gasteiger partial charge in [-0.1, -0.05) is 24.8 Å². The van der Waals surface area contributed by atoms with E-state index in [1.54, 1.807) is 17.4 Å². The van der Waals surface area contributed by atoms with Crippen molar-refractivity contribution in [1.29, 1.82) is 0 Å². The lowest BCUT2D eigenvalue weighted by Gasteiger charge is -2.33. The highest BCUT2D eigenvalue weighted by atomic mass is 32.1. The molecule has 1 aromatic heterocycles. The van der Waals surface area contributed by atoms with Gasteiger partial charge in [0.25, 0.3) is 0 Å². The van der Waals surface area contributed by atoms with Crippen molar-refractivity contribution >= 4 is 27.0 Å². The maximum Gasteiger partial charge on any atom is 0.121 e. The lowest BCUT2D eigenvalue weighted by Crippen LogP contribution is -2.33. The molecule has 1 fully saturated rings. The molecule has 0 saturated carbocycles. The number of ether oxygens (including phenoxy) is 1. The molecule has 3 N–H and O–H groups in total. The van der Waals surface area contributed by atoms with Crippen LogP contribution in [0.2, 0.25) is 0 Å². The third kappa shape index (κ3) is 3.59. The fraction of sp³-hybridized carbons (Fsp3) is 0.304. The number of hydrogen-bond donors (Lipinski definition) is 3. The number of fused-ring (bicyclic) bond motifs is 1. The highest BCUT2D eigenvalue weighted by Crippen LogP contribution is 2.40. The fourth-order valence-electron chi connectivity index (χ4n) is 3.86. The van der Waals surface area contributed by atoms with Crippen LogP contribution in [0.15, 0.2) is 49.0 Å². The van der Waals surface area contributed by atoms with Crippen molar-refractivity contribution in [1.82, 2.24) is 0 Å². The van der Waals surface area contributed by atoms with E-state index in [2.05, 4.69) is 24.8 Å². The maximum absolute atomic E-state index is 10.5. The average molecular weight is 397 g/mol. The van der Waals surface area contributed by atoms with E-state index in [-0.39, 0.29) is 12.4 Å². The van der Waals surface area contributed by atoms with E-state index >= 15 is 0 Å². The Morgan fingerprint density at radius 1 is 1.21 bits per heavy atom. The Balaban J connectivity index is 1.71. The van der Waals surface area contributed by atoms with Crippen LogP contribution in [0.1, 0.15) is 40.5 Å². The fourth-order valence-corrected chi connectivity index (χ4v) is 4.91. The van der Waals surface area contributed by atoms with Crippen LogP contribution in [-0.2, 0) is 4.74 Å². The second-order valence-corrected chi connectivity index (χ2v) is 8.49. The third-order valence-electron chi connectivity index (χ3n) is 5.35. The molecule has 1 saturated heterocycles. The Morgan fingerprint density at radius 3 is 2.75 bits per heavy atom. The Kier molecular flexibility index (Phi) is 5.25. The number of aliphatic hydroxyl groups is 2. The summed E-state index contributed by atoms with van der Waals surface area (Å²) in [5.41, 5.74) is 3.40. The Bertz CT molecular complexity index is 990. The van der Waals surface area contributed by atoms with Crippen molar-refractivity contribution < 1.29 is 20.1 Å². The first-order valence-electron chi connectivity index (χ1n) is 9.42. The lowest BCUT2D eigenvalue weighted by atomic mass is 9.91. The van der Waals surface area contributed by atoms with E-state index in [0.29, 0.717) is 18.4 Å². The minimum absolute atomic E-state index is 0.140. The van der Waals surface area contributed by atoms with Crippen LogP contribution >= 0.6 is 11.3 Å². The number of phenols is 1. The number of benzene rings is 2. The molecule has 0 amide bonds. The average Bonchev–Trinajstić information content (AvgIpc) is 3.11. The van der Waals surface area contributed by atoms with Gasteiger partial charge in [0.05, 0.1) is 24.9 Å². The van der Waals surface area contributed by atoms with Gasteiger partial charge < -0.3 is 20.1 Å². The Hall–Kier alpha value is -2.18. The van der Waals surface area contributed by atoms with E-state index in [1.807, 2.05) is 25.1 Å². The van der Waals surface area contributed by atoms with E-state index in [4.69, 9.17) is 4.74 Å². The minimum Gasteiger partial charge on any atom is -0.508 e. The summed E-state index contributed by atoms with van der Waals surface area (Å²) in [7, 11) is 0. The van der Waals surface area contributed by atoms with Gasteiger partial charge >= 0.3 is 0 Å². The largest absolute Gasteiger partial charge is 0.508 e. The van der Waals surface area contributed by atoms with Gasteiger partial charge in [-0.2, -0.15) is 0 Å². The molecular formula is C23H24O4S. The molecule has 146 valence electrons. The van der Waals surface area contributed by atoms with E-state index in [0.717, 1.165) is 21.6 Å². The molecule has 3 atom stereocenters. The first kappa shape index (κ1) is 19.2. The molecule has 3 aromatic rings. The molecule has 28 heavy (non-hydrogen) atoms. The molecule has 2 aromatic carbocycles. The quantitative estimate of drug-likeness (QED) is 0.605. The predicted molar refractivity (Wildman–Crippen MR) is 113 cm³/mol. The van der Waals surface area contributed by atoms with Gasteiger partial charge in [-0.25, -0.2) is 0 Å². The van der Waals surface area contributed by atoms with Gasteiger partial charge in [0.15, 0.2) is 0 Å². The molecule has 5 heteroatoms. The number of hydrogen-bond acceptors (Lipinski definition) is 5. The van der Waals surface area contributed by atoms with Crippen molar-refractivity contribution in [3.8, 4) is 5.75 Å². The first-order valence-corrected chi connectivity index (χ1v) is 10.2. The zero-order chi connectivity index (χ0) is 19.8. The van der Waals surface area contributed by atoms with Crippen LogP contribution in [0.25, 0.3) is 15.7 Å². The molecule has 0 bridgehead atoms. The number of aryl methyl sites for hydroxylation is 1. The van der Waals surface area contributed by atoms with Crippen molar-refractivity contribution in [2.24, 2.45) is 0 Å².